The third-order valence-electron chi connectivity index (χ3n) is 12.2. The summed E-state index contributed by atoms with van der Waals surface area (Å²) in [5.74, 6) is -0.977. The van der Waals surface area contributed by atoms with Crippen LogP contribution in [0, 0.1) is 0 Å². The van der Waals surface area contributed by atoms with Gasteiger partial charge in [0.25, 0.3) is 0 Å². The van der Waals surface area contributed by atoms with Crippen LogP contribution in [0.1, 0.15) is 265 Å². The minimum Gasteiger partial charge on any atom is -0.462 e. The first-order chi connectivity index (χ1) is 34.0. The van der Waals surface area contributed by atoms with E-state index in [1.807, 2.05) is 54.7 Å². The van der Waals surface area contributed by atoms with E-state index in [2.05, 4.69) is 63.3 Å². The van der Waals surface area contributed by atoms with Crippen molar-refractivity contribution in [1.29, 1.82) is 0 Å². The number of allylic oxidation sites excluding steroid dienone is 16. The first-order valence-electron chi connectivity index (χ1n) is 28.8. The Bertz CT molecular complexity index is 1380. The second-order valence-corrected chi connectivity index (χ2v) is 18.9. The van der Waals surface area contributed by atoms with Crippen LogP contribution in [0.5, 0.6) is 0 Å². The second kappa shape index (κ2) is 56.9. The third-order valence-corrected chi connectivity index (χ3v) is 12.2. The molecule has 0 aliphatic heterocycles. The van der Waals surface area contributed by atoms with Crippen molar-refractivity contribution in [2.75, 3.05) is 13.2 Å². The highest BCUT2D eigenvalue weighted by Gasteiger charge is 2.19. The molecule has 0 aromatic rings. The van der Waals surface area contributed by atoms with Crippen LogP contribution in [-0.2, 0) is 28.6 Å². The van der Waals surface area contributed by atoms with E-state index in [-0.39, 0.29) is 37.5 Å². The van der Waals surface area contributed by atoms with Crippen molar-refractivity contribution in [1.82, 2.24) is 0 Å². The molecular formula is C63H106O6. The minimum absolute atomic E-state index is 0.102. The Hall–Kier alpha value is -3.67. The van der Waals surface area contributed by atoms with Gasteiger partial charge in [-0.05, 0) is 64.2 Å². The van der Waals surface area contributed by atoms with E-state index in [4.69, 9.17) is 14.2 Å². The van der Waals surface area contributed by atoms with Gasteiger partial charge in [0.15, 0.2) is 6.10 Å². The third kappa shape index (κ3) is 55.1. The van der Waals surface area contributed by atoms with Crippen LogP contribution in [0.2, 0.25) is 0 Å². The van der Waals surface area contributed by atoms with Gasteiger partial charge in [-0.3, -0.25) is 14.4 Å². The van der Waals surface area contributed by atoms with Crippen molar-refractivity contribution < 1.29 is 28.6 Å². The summed E-state index contributed by atoms with van der Waals surface area (Å²) in [6.45, 7) is 6.34. The summed E-state index contributed by atoms with van der Waals surface area (Å²) < 4.78 is 16.8. The summed E-state index contributed by atoms with van der Waals surface area (Å²) >= 11 is 0. The summed E-state index contributed by atoms with van der Waals surface area (Å²) in [5.41, 5.74) is 0. The molecule has 0 radical (unpaired) electrons. The molecule has 1 unspecified atom stereocenters. The van der Waals surface area contributed by atoms with Crippen LogP contribution in [0.25, 0.3) is 0 Å². The molecular weight excluding hydrogens is 853 g/mol. The largest absolute Gasteiger partial charge is 0.462 e. The maximum absolute atomic E-state index is 12.9. The Balaban J connectivity index is 4.41. The normalized spacial score (nSPS) is 12.8. The van der Waals surface area contributed by atoms with Gasteiger partial charge >= 0.3 is 17.9 Å². The maximum Gasteiger partial charge on any atom is 0.306 e. The predicted molar refractivity (Wildman–Crippen MR) is 297 cm³/mol. The van der Waals surface area contributed by atoms with Crippen molar-refractivity contribution in [2.24, 2.45) is 0 Å². The summed E-state index contributed by atoms with van der Waals surface area (Å²) in [6.07, 6.45) is 75.6. The highest BCUT2D eigenvalue weighted by Crippen LogP contribution is 2.16. The van der Waals surface area contributed by atoms with Crippen LogP contribution in [0.15, 0.2) is 97.2 Å². The molecule has 0 aliphatic carbocycles. The molecule has 0 bridgehead atoms. The van der Waals surface area contributed by atoms with Crippen LogP contribution in [0.3, 0.4) is 0 Å². The van der Waals surface area contributed by atoms with Gasteiger partial charge in [0.1, 0.15) is 13.2 Å². The Morgan fingerprint density at radius 2 is 0.652 bits per heavy atom. The zero-order valence-corrected chi connectivity index (χ0v) is 45.0. The number of ether oxygens (including phenoxy) is 3. The number of rotatable bonds is 51. The van der Waals surface area contributed by atoms with E-state index in [1.165, 1.54) is 148 Å². The quantitative estimate of drug-likeness (QED) is 0.0199. The van der Waals surface area contributed by atoms with Gasteiger partial charge in [-0.15, -0.1) is 0 Å². The molecule has 0 aliphatic rings. The topological polar surface area (TPSA) is 78.9 Å². The van der Waals surface area contributed by atoms with Crippen molar-refractivity contribution in [2.45, 2.75) is 271 Å². The summed E-state index contributed by atoms with van der Waals surface area (Å²) in [5, 5.41) is 0. The van der Waals surface area contributed by atoms with Gasteiger partial charge in [-0.2, -0.15) is 0 Å². The van der Waals surface area contributed by atoms with E-state index in [0.717, 1.165) is 70.6 Å². The van der Waals surface area contributed by atoms with Gasteiger partial charge in [-0.1, -0.05) is 279 Å². The minimum atomic E-state index is -0.808. The summed E-state index contributed by atoms with van der Waals surface area (Å²) in [6, 6.07) is 0. The average Bonchev–Trinajstić information content (AvgIpc) is 3.35. The van der Waals surface area contributed by atoms with E-state index in [0.29, 0.717) is 19.3 Å². The molecule has 6 heteroatoms. The first-order valence-corrected chi connectivity index (χ1v) is 28.8. The molecule has 0 spiro atoms. The van der Waals surface area contributed by atoms with Crippen molar-refractivity contribution in [3.8, 4) is 0 Å². The molecule has 0 saturated heterocycles. The molecule has 6 nitrogen and oxygen atoms in total. The SMILES string of the molecule is CC/C=C/C=C/C=C/C=C/C=C/CCCC(=O)OCC(COC(=O)CCCCCCCCCCC/C=C/C/C=C/C/C=C/CC)OC(=O)CCCCCCCCCCCCCCCCCCCCC. The van der Waals surface area contributed by atoms with E-state index < -0.39 is 6.10 Å². The Morgan fingerprint density at radius 1 is 0.319 bits per heavy atom. The number of carbonyl (C=O) groups is 3. The zero-order chi connectivity index (χ0) is 50.0. The van der Waals surface area contributed by atoms with E-state index in [9.17, 15) is 14.4 Å². The standard InChI is InChI=1S/C63H106O6/c1-4-7-10-13-16-19-22-25-27-29-31-33-35-38-41-44-47-50-53-56-62(65)68-59-60(58-67-61(64)55-52-49-46-43-40-37-24-21-18-15-12-9-6-3)69-63(66)57-54-51-48-45-42-39-36-34-32-30-28-26-23-20-17-14-11-8-5-2/h7,9-10,12,15-16,18-19,21,24-25,27,37,40,43,46,60H,4-6,8,11,13-14,17,20,22-23,26,28-36,38-39,41-42,44-45,47-59H2,1-3H3/b10-7+,12-9+,18-15+,19-16+,24-21+,27-25+,40-37+,46-43+. The van der Waals surface area contributed by atoms with Gasteiger partial charge in [0, 0.05) is 19.3 Å². The molecule has 0 saturated carbocycles. The fourth-order valence-corrected chi connectivity index (χ4v) is 7.96. The smallest absolute Gasteiger partial charge is 0.306 e. The maximum atomic E-state index is 12.9. The van der Waals surface area contributed by atoms with E-state index in [1.54, 1.807) is 0 Å². The van der Waals surface area contributed by atoms with Gasteiger partial charge in [0.05, 0.1) is 0 Å². The molecule has 0 fully saturated rings. The highest BCUT2D eigenvalue weighted by molar-refractivity contribution is 5.71. The van der Waals surface area contributed by atoms with Crippen molar-refractivity contribution in [3.05, 3.63) is 97.2 Å². The molecule has 0 aromatic carbocycles. The Morgan fingerprint density at radius 3 is 1.10 bits per heavy atom. The molecule has 1 atom stereocenters. The number of esters is 3. The lowest BCUT2D eigenvalue weighted by Gasteiger charge is -2.18. The molecule has 0 amide bonds. The van der Waals surface area contributed by atoms with Crippen LogP contribution >= 0.6 is 0 Å². The molecule has 0 rings (SSSR count). The van der Waals surface area contributed by atoms with Gasteiger partial charge in [0.2, 0.25) is 0 Å². The summed E-state index contributed by atoms with van der Waals surface area (Å²) in [7, 11) is 0. The Kier molecular flexibility index (Phi) is 53.9. The number of unbranched alkanes of at least 4 members (excludes halogenated alkanes) is 28. The average molecular weight is 960 g/mol. The Labute approximate surface area is 426 Å². The number of carbonyl (C=O) groups excluding carboxylic acids is 3. The van der Waals surface area contributed by atoms with Crippen molar-refractivity contribution in [3.63, 3.8) is 0 Å². The van der Waals surface area contributed by atoms with Gasteiger partial charge in [-0.25, -0.2) is 0 Å². The van der Waals surface area contributed by atoms with Crippen LogP contribution in [0.4, 0.5) is 0 Å². The number of hydrogen-bond donors (Lipinski definition) is 0. The van der Waals surface area contributed by atoms with E-state index >= 15 is 0 Å². The molecule has 69 heavy (non-hydrogen) atoms. The van der Waals surface area contributed by atoms with Crippen LogP contribution < -0.4 is 0 Å². The highest BCUT2D eigenvalue weighted by atomic mass is 16.6. The second-order valence-electron chi connectivity index (χ2n) is 18.9. The lowest BCUT2D eigenvalue weighted by atomic mass is 10.0. The molecule has 394 valence electrons. The summed E-state index contributed by atoms with van der Waals surface area (Å²) in [4.78, 5) is 38.1. The fourth-order valence-electron chi connectivity index (χ4n) is 7.96. The van der Waals surface area contributed by atoms with Crippen LogP contribution in [-0.4, -0.2) is 37.2 Å². The number of hydrogen-bond acceptors (Lipinski definition) is 6. The molecule has 0 heterocycles. The predicted octanol–water partition coefficient (Wildman–Crippen LogP) is 19.3. The van der Waals surface area contributed by atoms with Gasteiger partial charge < -0.3 is 14.2 Å². The molecule has 0 aromatic heterocycles. The zero-order valence-electron chi connectivity index (χ0n) is 45.0. The first kappa shape index (κ1) is 65.3. The lowest BCUT2D eigenvalue weighted by Crippen LogP contribution is -2.30. The lowest BCUT2D eigenvalue weighted by molar-refractivity contribution is -0.167. The molecule has 0 N–H and O–H groups in total. The van der Waals surface area contributed by atoms with Crippen molar-refractivity contribution >= 4 is 17.9 Å². The monoisotopic (exact) mass is 959 g/mol. The fraction of sp³-hybridized carbons (Fsp3) is 0.698.